The molecule has 1 amide bonds. The summed E-state index contributed by atoms with van der Waals surface area (Å²) in [6.07, 6.45) is 2.57. The van der Waals surface area contributed by atoms with Gasteiger partial charge in [0.2, 0.25) is 0 Å². The Morgan fingerprint density at radius 2 is 2.05 bits per heavy atom. The van der Waals surface area contributed by atoms with Gasteiger partial charge >= 0.3 is 0 Å². The molecule has 1 aliphatic rings. The number of rotatable bonds is 3. The lowest BCUT2D eigenvalue weighted by Crippen LogP contribution is -2.37. The van der Waals surface area contributed by atoms with E-state index >= 15 is 0 Å². The van der Waals surface area contributed by atoms with E-state index in [-0.39, 0.29) is 17.7 Å². The third-order valence-electron chi connectivity index (χ3n) is 3.29. The molecule has 0 aliphatic heterocycles. The Bertz CT molecular complexity index is 491. The fourth-order valence-electron chi connectivity index (χ4n) is 2.20. The normalized spacial score (nSPS) is 16.2. The maximum absolute atomic E-state index is 12.2. The van der Waals surface area contributed by atoms with E-state index in [0.29, 0.717) is 24.2 Å². The number of ether oxygens (including phenoxy) is 1. The van der Waals surface area contributed by atoms with Crippen LogP contribution in [0.1, 0.15) is 36.0 Å². The average molecular weight is 326 g/mol. The topological polar surface area (TPSA) is 55.4 Å². The smallest absolute Gasteiger partial charge is 0.255 e. The van der Waals surface area contributed by atoms with E-state index in [1.165, 1.54) is 7.11 Å². The van der Waals surface area contributed by atoms with E-state index in [4.69, 9.17) is 4.74 Å². The minimum atomic E-state index is -0.149. The zero-order chi connectivity index (χ0) is 13.8. The summed E-state index contributed by atoms with van der Waals surface area (Å²) < 4.78 is 6.07. The van der Waals surface area contributed by atoms with E-state index in [9.17, 15) is 9.59 Å². The number of nitrogens with one attached hydrogen (secondary N) is 1. The first-order valence-corrected chi connectivity index (χ1v) is 7.05. The zero-order valence-electron chi connectivity index (χ0n) is 10.7. The van der Waals surface area contributed by atoms with Crippen LogP contribution in [-0.4, -0.2) is 24.8 Å². The van der Waals surface area contributed by atoms with E-state index in [2.05, 4.69) is 21.2 Å². The van der Waals surface area contributed by atoms with Crippen molar-refractivity contribution >= 4 is 27.6 Å². The number of hydrogen-bond donors (Lipinski definition) is 1. The van der Waals surface area contributed by atoms with Crippen LogP contribution in [0.5, 0.6) is 5.75 Å². The number of Topliss-reactive ketones (excluding diaryl/α,β-unsaturated/α-hetero) is 1. The summed E-state index contributed by atoms with van der Waals surface area (Å²) in [5.74, 6) is 0.675. The summed E-state index contributed by atoms with van der Waals surface area (Å²) in [7, 11) is 1.54. The Labute approximate surface area is 120 Å². The standard InChI is InChI=1S/C14H16BrNO3/c1-19-13-8-9(15)2-7-12(13)14(18)16-10-3-5-11(17)6-4-10/h2,7-8,10H,3-6H2,1H3,(H,16,18). The quantitative estimate of drug-likeness (QED) is 0.929. The van der Waals surface area contributed by atoms with Crippen molar-refractivity contribution in [3.05, 3.63) is 28.2 Å². The van der Waals surface area contributed by atoms with Crippen LogP contribution in [0.2, 0.25) is 0 Å². The number of halogens is 1. The van der Waals surface area contributed by atoms with Gasteiger partial charge in [0.25, 0.3) is 5.91 Å². The summed E-state index contributed by atoms with van der Waals surface area (Å²) in [4.78, 5) is 23.4. The number of methoxy groups -OCH3 is 1. The van der Waals surface area contributed by atoms with Gasteiger partial charge in [0.05, 0.1) is 12.7 Å². The van der Waals surface area contributed by atoms with Crippen LogP contribution in [-0.2, 0) is 4.79 Å². The number of ketones is 1. The molecule has 0 aromatic heterocycles. The van der Waals surface area contributed by atoms with Crippen LogP contribution in [0.15, 0.2) is 22.7 Å². The number of amides is 1. The van der Waals surface area contributed by atoms with Crippen LogP contribution < -0.4 is 10.1 Å². The van der Waals surface area contributed by atoms with Crippen molar-refractivity contribution in [3.8, 4) is 5.75 Å². The van der Waals surface area contributed by atoms with Crippen molar-refractivity contribution in [3.63, 3.8) is 0 Å². The van der Waals surface area contributed by atoms with Gasteiger partial charge in [-0.05, 0) is 31.0 Å². The number of carbonyl (C=O) groups is 2. The summed E-state index contributed by atoms with van der Waals surface area (Å²) in [5.41, 5.74) is 0.516. The molecule has 4 nitrogen and oxygen atoms in total. The molecule has 5 heteroatoms. The molecule has 0 radical (unpaired) electrons. The number of carbonyl (C=O) groups excluding carboxylic acids is 2. The highest BCUT2D eigenvalue weighted by atomic mass is 79.9. The predicted octanol–water partition coefficient (Wildman–Crippen LogP) is 2.70. The second-order valence-corrected chi connectivity index (χ2v) is 5.55. The lowest BCUT2D eigenvalue weighted by molar-refractivity contribution is -0.120. The largest absolute Gasteiger partial charge is 0.496 e. The van der Waals surface area contributed by atoms with Gasteiger partial charge in [-0.15, -0.1) is 0 Å². The molecule has 2 rings (SSSR count). The van der Waals surface area contributed by atoms with Gasteiger partial charge in [0.1, 0.15) is 11.5 Å². The van der Waals surface area contributed by atoms with E-state index < -0.39 is 0 Å². The summed E-state index contributed by atoms with van der Waals surface area (Å²) in [6.45, 7) is 0. The van der Waals surface area contributed by atoms with Gasteiger partial charge in [0, 0.05) is 23.4 Å². The molecule has 1 N–H and O–H groups in total. The maximum atomic E-state index is 12.2. The lowest BCUT2D eigenvalue weighted by atomic mass is 9.94. The summed E-state index contributed by atoms with van der Waals surface area (Å²) in [6, 6.07) is 5.38. The third kappa shape index (κ3) is 3.56. The third-order valence-corrected chi connectivity index (χ3v) is 3.78. The van der Waals surface area contributed by atoms with Crippen LogP contribution >= 0.6 is 15.9 Å². The molecule has 0 bridgehead atoms. The molecule has 1 aromatic rings. The van der Waals surface area contributed by atoms with Crippen molar-refractivity contribution in [2.45, 2.75) is 31.7 Å². The highest BCUT2D eigenvalue weighted by molar-refractivity contribution is 9.10. The molecule has 0 heterocycles. The Kier molecular flexibility index (Phi) is 4.58. The lowest BCUT2D eigenvalue weighted by Gasteiger charge is -2.22. The van der Waals surface area contributed by atoms with Gasteiger partial charge in [0.15, 0.2) is 0 Å². The predicted molar refractivity (Wildman–Crippen MR) is 75.4 cm³/mol. The zero-order valence-corrected chi connectivity index (χ0v) is 12.3. The molecule has 1 saturated carbocycles. The fraction of sp³-hybridized carbons (Fsp3) is 0.429. The highest BCUT2D eigenvalue weighted by Gasteiger charge is 2.22. The van der Waals surface area contributed by atoms with Gasteiger partial charge in [-0.2, -0.15) is 0 Å². The van der Waals surface area contributed by atoms with Crippen LogP contribution in [0.3, 0.4) is 0 Å². The minimum absolute atomic E-state index is 0.0820. The fourth-order valence-corrected chi connectivity index (χ4v) is 2.54. The summed E-state index contributed by atoms with van der Waals surface area (Å²) in [5, 5.41) is 2.96. The molecule has 19 heavy (non-hydrogen) atoms. The number of benzene rings is 1. The summed E-state index contributed by atoms with van der Waals surface area (Å²) >= 11 is 3.34. The monoisotopic (exact) mass is 325 g/mol. The molecule has 102 valence electrons. The first-order chi connectivity index (χ1) is 9.10. The molecule has 0 saturated heterocycles. The van der Waals surface area contributed by atoms with Crippen molar-refractivity contribution in [1.29, 1.82) is 0 Å². The number of hydrogen-bond acceptors (Lipinski definition) is 3. The van der Waals surface area contributed by atoms with Crippen molar-refractivity contribution in [2.24, 2.45) is 0 Å². The van der Waals surface area contributed by atoms with E-state index in [1.54, 1.807) is 12.1 Å². The molecule has 0 spiro atoms. The van der Waals surface area contributed by atoms with E-state index in [1.807, 2.05) is 6.07 Å². The van der Waals surface area contributed by atoms with E-state index in [0.717, 1.165) is 17.3 Å². The Hall–Kier alpha value is -1.36. The molecule has 1 fully saturated rings. The van der Waals surface area contributed by atoms with Crippen molar-refractivity contribution in [2.75, 3.05) is 7.11 Å². The van der Waals surface area contributed by atoms with Gasteiger partial charge in [-0.25, -0.2) is 0 Å². The second-order valence-electron chi connectivity index (χ2n) is 4.63. The Balaban J connectivity index is 2.05. The molecule has 1 aromatic carbocycles. The van der Waals surface area contributed by atoms with Gasteiger partial charge in [-0.1, -0.05) is 15.9 Å². The van der Waals surface area contributed by atoms with Gasteiger partial charge in [-0.3, -0.25) is 9.59 Å². The van der Waals surface area contributed by atoms with Crippen LogP contribution in [0, 0.1) is 0 Å². The molecule has 1 aliphatic carbocycles. The van der Waals surface area contributed by atoms with Crippen molar-refractivity contribution < 1.29 is 14.3 Å². The Morgan fingerprint density at radius 3 is 2.68 bits per heavy atom. The molecular weight excluding hydrogens is 310 g/mol. The highest BCUT2D eigenvalue weighted by Crippen LogP contribution is 2.24. The van der Waals surface area contributed by atoms with Crippen LogP contribution in [0.4, 0.5) is 0 Å². The molecule has 0 unspecified atom stereocenters. The first kappa shape index (κ1) is 14.1. The average Bonchev–Trinajstić information content (AvgIpc) is 2.41. The van der Waals surface area contributed by atoms with Crippen LogP contribution in [0.25, 0.3) is 0 Å². The van der Waals surface area contributed by atoms with Crippen molar-refractivity contribution in [1.82, 2.24) is 5.32 Å². The molecular formula is C14H16BrNO3. The Morgan fingerprint density at radius 1 is 1.37 bits per heavy atom. The molecule has 0 atom stereocenters. The second kappa shape index (κ2) is 6.19. The van der Waals surface area contributed by atoms with Gasteiger partial charge < -0.3 is 10.1 Å². The maximum Gasteiger partial charge on any atom is 0.255 e. The SMILES string of the molecule is COc1cc(Br)ccc1C(=O)NC1CCC(=O)CC1. The minimum Gasteiger partial charge on any atom is -0.496 e. The first-order valence-electron chi connectivity index (χ1n) is 6.26.